The quantitative estimate of drug-likeness (QED) is 0.314. The predicted octanol–water partition coefficient (Wildman–Crippen LogP) is 6.61. The van der Waals surface area contributed by atoms with E-state index in [4.69, 9.17) is 0 Å². The molecule has 176 valence electrons. The summed E-state index contributed by atoms with van der Waals surface area (Å²) in [5.74, 6) is 3.14. The number of nitrogens with zero attached hydrogens (tertiary/aromatic N) is 1. The minimum absolute atomic E-state index is 0.0845. The Kier molecular flexibility index (Phi) is 5.89. The molecule has 0 heterocycles. The Bertz CT molecular complexity index is 853. The fraction of sp³-hybridized carbons (Fsp3) is 0.750. The normalized spacial score (nSPS) is 43.9. The van der Waals surface area contributed by atoms with E-state index >= 15 is 0 Å². The van der Waals surface area contributed by atoms with Gasteiger partial charge in [0.1, 0.15) is 5.82 Å². The van der Waals surface area contributed by atoms with E-state index in [-0.39, 0.29) is 17.3 Å². The van der Waals surface area contributed by atoms with Gasteiger partial charge in [-0.15, -0.1) is 0 Å². The molecule has 4 aliphatic rings. The van der Waals surface area contributed by atoms with Gasteiger partial charge in [-0.3, -0.25) is 0 Å². The van der Waals surface area contributed by atoms with Gasteiger partial charge in [0.05, 0.1) is 11.8 Å². The van der Waals surface area contributed by atoms with Crippen molar-refractivity contribution in [3.8, 4) is 0 Å². The van der Waals surface area contributed by atoms with Crippen LogP contribution in [0.15, 0.2) is 29.4 Å². The lowest BCUT2D eigenvalue weighted by atomic mass is 9.44. The molecule has 2 N–H and O–H groups in total. The molecule has 4 heteroatoms. The highest BCUT2D eigenvalue weighted by Crippen LogP contribution is 2.67. The molecule has 1 aromatic rings. The highest BCUT2D eigenvalue weighted by atomic mass is 19.1. The van der Waals surface area contributed by atoms with Crippen LogP contribution in [0.5, 0.6) is 0 Å². The molecule has 0 saturated heterocycles. The second-order valence-corrected chi connectivity index (χ2v) is 12.0. The predicted molar refractivity (Wildman–Crippen MR) is 125 cm³/mol. The van der Waals surface area contributed by atoms with Crippen molar-refractivity contribution in [2.24, 2.45) is 45.6 Å². The number of oxime groups is 1. The van der Waals surface area contributed by atoms with Crippen LogP contribution in [0.25, 0.3) is 0 Å². The van der Waals surface area contributed by atoms with Crippen molar-refractivity contribution in [3.63, 3.8) is 0 Å². The third-order valence-electron chi connectivity index (χ3n) is 10.8. The third kappa shape index (κ3) is 3.61. The molecule has 1 aromatic carbocycles. The second-order valence-electron chi connectivity index (χ2n) is 12.0. The van der Waals surface area contributed by atoms with E-state index in [0.29, 0.717) is 17.3 Å². The molecule has 4 aliphatic carbocycles. The van der Waals surface area contributed by atoms with Crippen LogP contribution >= 0.6 is 0 Å². The van der Waals surface area contributed by atoms with Crippen LogP contribution in [0, 0.1) is 46.2 Å². The summed E-state index contributed by atoms with van der Waals surface area (Å²) in [6, 6.07) is 6.71. The van der Waals surface area contributed by atoms with Gasteiger partial charge in [0.15, 0.2) is 0 Å². The maximum Gasteiger partial charge on any atom is 0.123 e. The molecule has 0 radical (unpaired) electrons. The number of fused-ring (bicyclic) bond motifs is 5. The number of halogens is 1. The van der Waals surface area contributed by atoms with Crippen molar-refractivity contribution in [2.45, 2.75) is 90.6 Å². The largest absolute Gasteiger partial charge is 0.411 e. The Morgan fingerprint density at radius 1 is 0.969 bits per heavy atom. The van der Waals surface area contributed by atoms with Crippen LogP contribution < -0.4 is 0 Å². The third-order valence-corrected chi connectivity index (χ3v) is 10.8. The first-order valence-corrected chi connectivity index (χ1v) is 13.0. The summed E-state index contributed by atoms with van der Waals surface area (Å²) >= 11 is 0. The van der Waals surface area contributed by atoms with Crippen molar-refractivity contribution >= 4 is 5.71 Å². The lowest BCUT2D eigenvalue weighted by Crippen LogP contribution is -2.54. The van der Waals surface area contributed by atoms with E-state index in [2.05, 4.69) is 19.0 Å². The summed E-state index contributed by atoms with van der Waals surface area (Å²) in [4.78, 5) is 0. The fourth-order valence-electron chi connectivity index (χ4n) is 9.00. The van der Waals surface area contributed by atoms with Crippen molar-refractivity contribution in [3.05, 3.63) is 35.6 Å². The van der Waals surface area contributed by atoms with E-state index in [1.54, 1.807) is 0 Å². The number of aliphatic hydroxyl groups is 1. The minimum Gasteiger partial charge on any atom is -0.411 e. The Labute approximate surface area is 192 Å². The topological polar surface area (TPSA) is 52.8 Å². The molecule has 0 spiro atoms. The summed E-state index contributed by atoms with van der Waals surface area (Å²) in [6.07, 6.45) is 12.1. The number of hydrogen-bond acceptors (Lipinski definition) is 3. The summed E-state index contributed by atoms with van der Waals surface area (Å²) in [7, 11) is 0. The molecule has 0 aromatic heterocycles. The zero-order valence-electron chi connectivity index (χ0n) is 19.8. The molecular weight excluding hydrogens is 401 g/mol. The molecule has 0 bridgehead atoms. The van der Waals surface area contributed by atoms with Crippen LogP contribution in [0.2, 0.25) is 0 Å². The molecule has 4 fully saturated rings. The van der Waals surface area contributed by atoms with Crippen molar-refractivity contribution in [2.75, 3.05) is 0 Å². The summed E-state index contributed by atoms with van der Waals surface area (Å²) in [6.45, 7) is 5.02. The molecule has 32 heavy (non-hydrogen) atoms. The van der Waals surface area contributed by atoms with Gasteiger partial charge in [-0.2, -0.15) is 0 Å². The van der Waals surface area contributed by atoms with Crippen LogP contribution in [-0.4, -0.2) is 22.1 Å². The molecular formula is C28H40FNO2. The zero-order valence-corrected chi connectivity index (χ0v) is 19.8. The van der Waals surface area contributed by atoms with Crippen LogP contribution in [0.1, 0.15) is 83.6 Å². The summed E-state index contributed by atoms with van der Waals surface area (Å²) in [5, 5.41) is 24.1. The van der Waals surface area contributed by atoms with E-state index in [1.165, 1.54) is 50.7 Å². The lowest BCUT2D eigenvalue weighted by molar-refractivity contribution is -0.123. The molecule has 0 amide bonds. The van der Waals surface area contributed by atoms with Gasteiger partial charge in [-0.05, 0) is 123 Å². The number of benzene rings is 1. The SMILES string of the molecule is C[C@]12CC[C@H](O)C[C@@H]1CC[C@@H]1[C@@H]2CC[C@]2(C)[C@@H](/C(CCc3ccc(F)cc3)=N/O)CC[C@@H]12. The maximum atomic E-state index is 13.2. The highest BCUT2D eigenvalue weighted by molar-refractivity contribution is 5.87. The minimum atomic E-state index is -0.205. The number of aliphatic hydroxyl groups excluding tert-OH is 1. The van der Waals surface area contributed by atoms with Gasteiger partial charge in [-0.1, -0.05) is 31.1 Å². The van der Waals surface area contributed by atoms with E-state index in [1.807, 2.05) is 12.1 Å². The second kappa shape index (κ2) is 8.42. The smallest absolute Gasteiger partial charge is 0.123 e. The molecule has 0 unspecified atom stereocenters. The van der Waals surface area contributed by atoms with Gasteiger partial charge in [0, 0.05) is 5.92 Å². The van der Waals surface area contributed by atoms with Crippen LogP contribution in [-0.2, 0) is 6.42 Å². The average Bonchev–Trinajstić information content (AvgIpc) is 3.13. The van der Waals surface area contributed by atoms with Crippen LogP contribution in [0.4, 0.5) is 4.39 Å². The van der Waals surface area contributed by atoms with Gasteiger partial charge in [0.25, 0.3) is 0 Å². The van der Waals surface area contributed by atoms with E-state index < -0.39 is 0 Å². The molecule has 3 nitrogen and oxygen atoms in total. The molecule has 0 aliphatic heterocycles. The Hall–Kier alpha value is -1.42. The van der Waals surface area contributed by atoms with E-state index in [9.17, 15) is 14.7 Å². The lowest BCUT2D eigenvalue weighted by Gasteiger charge is -2.61. The Morgan fingerprint density at radius 3 is 2.44 bits per heavy atom. The first-order chi connectivity index (χ1) is 15.3. The molecule has 8 atom stereocenters. The maximum absolute atomic E-state index is 13.2. The molecule has 5 rings (SSSR count). The Morgan fingerprint density at radius 2 is 1.69 bits per heavy atom. The fourth-order valence-corrected chi connectivity index (χ4v) is 9.00. The van der Waals surface area contributed by atoms with Crippen molar-refractivity contribution in [1.29, 1.82) is 0 Å². The first-order valence-electron chi connectivity index (χ1n) is 13.0. The standard InChI is InChI=1S/C28H40FNO2/c1-27-15-13-21(31)17-19(27)6-9-22-23-10-11-25(28(23,2)16-14-24(22)27)26(30-32)12-5-18-3-7-20(29)8-4-18/h3-4,7-8,19,21-25,31-32H,5-6,9-17H2,1-2H3/b30-26+/t19-,21-,22-,23-,24-,25+,27-,28-/m0/s1. The van der Waals surface area contributed by atoms with Gasteiger partial charge in [0.2, 0.25) is 0 Å². The van der Waals surface area contributed by atoms with Gasteiger partial charge < -0.3 is 10.3 Å². The zero-order chi connectivity index (χ0) is 22.5. The average molecular weight is 442 g/mol. The van der Waals surface area contributed by atoms with Crippen LogP contribution in [0.3, 0.4) is 0 Å². The van der Waals surface area contributed by atoms with E-state index in [0.717, 1.165) is 61.1 Å². The Balaban J connectivity index is 1.31. The van der Waals surface area contributed by atoms with Crippen molar-refractivity contribution < 1.29 is 14.7 Å². The summed E-state index contributed by atoms with van der Waals surface area (Å²) < 4.78 is 13.2. The first kappa shape index (κ1) is 22.4. The molecule has 4 saturated carbocycles. The van der Waals surface area contributed by atoms with Gasteiger partial charge >= 0.3 is 0 Å². The summed E-state index contributed by atoms with van der Waals surface area (Å²) in [5.41, 5.74) is 2.68. The number of aryl methyl sites for hydroxylation is 1. The monoisotopic (exact) mass is 441 g/mol. The van der Waals surface area contributed by atoms with Crippen molar-refractivity contribution in [1.82, 2.24) is 0 Å². The number of rotatable bonds is 4. The van der Waals surface area contributed by atoms with Gasteiger partial charge in [-0.25, -0.2) is 4.39 Å². The highest BCUT2D eigenvalue weighted by Gasteiger charge is 2.60. The number of hydrogen-bond donors (Lipinski definition) is 2.